The zero-order chi connectivity index (χ0) is 17.5. The van der Waals surface area contributed by atoms with Crippen LogP contribution in [0.5, 0.6) is 5.75 Å². The number of hydrogen-bond acceptors (Lipinski definition) is 2. The van der Waals surface area contributed by atoms with Crippen molar-refractivity contribution in [2.45, 2.75) is 40.2 Å². The molecule has 3 nitrogen and oxygen atoms in total. The van der Waals surface area contributed by atoms with Gasteiger partial charge < -0.3 is 10.1 Å². The normalized spacial score (nSPS) is 10.7. The minimum Gasteiger partial charge on any atom is -0.497 e. The fourth-order valence-electron chi connectivity index (χ4n) is 2.70. The predicted molar refractivity (Wildman–Crippen MR) is 98.5 cm³/mol. The number of carbonyl (C=O) groups is 1. The van der Waals surface area contributed by atoms with E-state index in [9.17, 15) is 4.79 Å². The molecule has 0 radical (unpaired) electrons. The van der Waals surface area contributed by atoms with Crippen molar-refractivity contribution in [2.75, 3.05) is 7.11 Å². The first kappa shape index (κ1) is 18.1. The van der Waals surface area contributed by atoms with Gasteiger partial charge in [0.15, 0.2) is 0 Å². The number of rotatable bonds is 7. The van der Waals surface area contributed by atoms with Crippen LogP contribution in [-0.4, -0.2) is 13.0 Å². The van der Waals surface area contributed by atoms with Gasteiger partial charge in [-0.3, -0.25) is 4.79 Å². The second-order valence-corrected chi connectivity index (χ2v) is 6.47. The van der Waals surface area contributed by atoms with E-state index in [1.165, 1.54) is 11.1 Å². The fourth-order valence-corrected chi connectivity index (χ4v) is 2.70. The molecule has 0 aliphatic heterocycles. The summed E-state index contributed by atoms with van der Waals surface area (Å²) < 4.78 is 5.32. The van der Waals surface area contributed by atoms with Crippen molar-refractivity contribution in [1.82, 2.24) is 5.32 Å². The van der Waals surface area contributed by atoms with Gasteiger partial charge in [-0.2, -0.15) is 0 Å². The maximum Gasteiger partial charge on any atom is 0.251 e. The number of benzene rings is 2. The van der Waals surface area contributed by atoms with E-state index in [2.05, 4.69) is 32.2 Å². The lowest BCUT2D eigenvalue weighted by atomic mass is 9.97. The summed E-state index contributed by atoms with van der Waals surface area (Å²) in [4.78, 5) is 12.3. The SMILES string of the molecule is CCc1ccc(C(=O)NCc2ccc(OC)cc2CC(C)C)cc1. The Morgan fingerprint density at radius 1 is 1.08 bits per heavy atom. The highest BCUT2D eigenvalue weighted by atomic mass is 16.5. The molecule has 0 saturated carbocycles. The van der Waals surface area contributed by atoms with Gasteiger partial charge in [-0.05, 0) is 59.7 Å². The Morgan fingerprint density at radius 2 is 1.79 bits per heavy atom. The first-order chi connectivity index (χ1) is 11.5. The minimum atomic E-state index is -0.0380. The van der Waals surface area contributed by atoms with Crippen LogP contribution in [0.15, 0.2) is 42.5 Å². The molecule has 1 amide bonds. The van der Waals surface area contributed by atoms with Gasteiger partial charge in [0, 0.05) is 12.1 Å². The van der Waals surface area contributed by atoms with Crippen molar-refractivity contribution in [1.29, 1.82) is 0 Å². The number of methoxy groups -OCH3 is 1. The van der Waals surface area contributed by atoms with E-state index < -0.39 is 0 Å². The Hall–Kier alpha value is -2.29. The van der Waals surface area contributed by atoms with Crippen molar-refractivity contribution < 1.29 is 9.53 Å². The van der Waals surface area contributed by atoms with Crippen LogP contribution >= 0.6 is 0 Å². The number of amides is 1. The molecule has 0 aliphatic rings. The molecule has 2 aromatic rings. The van der Waals surface area contributed by atoms with Gasteiger partial charge in [-0.15, -0.1) is 0 Å². The van der Waals surface area contributed by atoms with Crippen LogP contribution in [-0.2, 0) is 19.4 Å². The molecule has 2 aromatic carbocycles. The lowest BCUT2D eigenvalue weighted by molar-refractivity contribution is 0.0951. The van der Waals surface area contributed by atoms with Crippen LogP contribution in [0.2, 0.25) is 0 Å². The van der Waals surface area contributed by atoms with Gasteiger partial charge in [0.25, 0.3) is 5.91 Å². The van der Waals surface area contributed by atoms with E-state index in [1.54, 1.807) is 7.11 Å². The molecular formula is C21H27NO2. The standard InChI is InChI=1S/C21H27NO2/c1-5-16-6-8-17(9-7-16)21(23)22-14-18-10-11-20(24-4)13-19(18)12-15(2)3/h6-11,13,15H,5,12,14H2,1-4H3,(H,22,23). The molecule has 24 heavy (non-hydrogen) atoms. The summed E-state index contributed by atoms with van der Waals surface area (Å²) in [5, 5.41) is 3.02. The van der Waals surface area contributed by atoms with Crippen molar-refractivity contribution in [3.05, 3.63) is 64.7 Å². The van der Waals surface area contributed by atoms with Gasteiger partial charge in [0.2, 0.25) is 0 Å². The average Bonchev–Trinajstić information content (AvgIpc) is 2.59. The van der Waals surface area contributed by atoms with Crippen LogP contribution < -0.4 is 10.1 Å². The quantitative estimate of drug-likeness (QED) is 0.820. The van der Waals surface area contributed by atoms with E-state index in [-0.39, 0.29) is 5.91 Å². The molecule has 0 atom stereocenters. The third-order valence-corrected chi connectivity index (χ3v) is 4.11. The van der Waals surface area contributed by atoms with E-state index in [0.29, 0.717) is 18.0 Å². The van der Waals surface area contributed by atoms with Gasteiger partial charge in [-0.25, -0.2) is 0 Å². The zero-order valence-corrected chi connectivity index (χ0v) is 15.1. The molecule has 0 heterocycles. The van der Waals surface area contributed by atoms with Gasteiger partial charge >= 0.3 is 0 Å². The first-order valence-corrected chi connectivity index (χ1v) is 8.56. The predicted octanol–water partition coefficient (Wildman–Crippen LogP) is 4.39. The zero-order valence-electron chi connectivity index (χ0n) is 15.1. The molecule has 3 heteroatoms. The fraction of sp³-hybridized carbons (Fsp3) is 0.381. The third kappa shape index (κ3) is 4.85. The van der Waals surface area contributed by atoms with Crippen molar-refractivity contribution in [3.63, 3.8) is 0 Å². The monoisotopic (exact) mass is 325 g/mol. The summed E-state index contributed by atoms with van der Waals surface area (Å²) in [6.45, 7) is 7.02. The molecule has 0 unspecified atom stereocenters. The molecule has 0 aliphatic carbocycles. The molecule has 0 saturated heterocycles. The highest BCUT2D eigenvalue weighted by Gasteiger charge is 2.10. The van der Waals surface area contributed by atoms with Crippen LogP contribution in [0.3, 0.4) is 0 Å². The molecule has 0 spiro atoms. The third-order valence-electron chi connectivity index (χ3n) is 4.11. The summed E-state index contributed by atoms with van der Waals surface area (Å²) in [5.41, 5.74) is 4.31. The summed E-state index contributed by atoms with van der Waals surface area (Å²) in [6.07, 6.45) is 1.94. The van der Waals surface area contributed by atoms with E-state index in [1.807, 2.05) is 36.4 Å². The number of aryl methyl sites for hydroxylation is 1. The Bertz CT molecular complexity index is 675. The number of hydrogen-bond donors (Lipinski definition) is 1. The summed E-state index contributed by atoms with van der Waals surface area (Å²) in [6, 6.07) is 13.8. The molecule has 0 bridgehead atoms. The summed E-state index contributed by atoms with van der Waals surface area (Å²) in [7, 11) is 1.68. The number of nitrogens with one attached hydrogen (secondary N) is 1. The summed E-state index contributed by atoms with van der Waals surface area (Å²) >= 11 is 0. The molecule has 128 valence electrons. The summed E-state index contributed by atoms with van der Waals surface area (Å²) in [5.74, 6) is 1.37. The van der Waals surface area contributed by atoms with Gasteiger partial charge in [0.05, 0.1) is 7.11 Å². The second-order valence-electron chi connectivity index (χ2n) is 6.47. The number of ether oxygens (including phenoxy) is 1. The molecule has 0 aromatic heterocycles. The maximum absolute atomic E-state index is 12.3. The van der Waals surface area contributed by atoms with Crippen LogP contribution in [0.4, 0.5) is 0 Å². The second kappa shape index (κ2) is 8.53. The Labute approximate surface area is 145 Å². The highest BCUT2D eigenvalue weighted by molar-refractivity contribution is 5.94. The highest BCUT2D eigenvalue weighted by Crippen LogP contribution is 2.21. The minimum absolute atomic E-state index is 0.0380. The topological polar surface area (TPSA) is 38.3 Å². The van der Waals surface area contributed by atoms with Crippen molar-refractivity contribution in [3.8, 4) is 5.75 Å². The van der Waals surface area contributed by atoms with Crippen LogP contribution in [0, 0.1) is 5.92 Å². The maximum atomic E-state index is 12.3. The smallest absolute Gasteiger partial charge is 0.251 e. The Kier molecular flexibility index (Phi) is 6.42. The molecule has 1 N–H and O–H groups in total. The lowest BCUT2D eigenvalue weighted by Gasteiger charge is -2.14. The Balaban J connectivity index is 2.08. The van der Waals surface area contributed by atoms with E-state index in [4.69, 9.17) is 4.74 Å². The van der Waals surface area contributed by atoms with Crippen molar-refractivity contribution in [2.24, 2.45) is 5.92 Å². The van der Waals surface area contributed by atoms with Gasteiger partial charge in [0.1, 0.15) is 5.75 Å². The van der Waals surface area contributed by atoms with E-state index in [0.717, 1.165) is 24.2 Å². The molecule has 0 fully saturated rings. The lowest BCUT2D eigenvalue weighted by Crippen LogP contribution is -2.23. The first-order valence-electron chi connectivity index (χ1n) is 8.56. The van der Waals surface area contributed by atoms with Crippen LogP contribution in [0.25, 0.3) is 0 Å². The average molecular weight is 325 g/mol. The molecule has 2 rings (SSSR count). The van der Waals surface area contributed by atoms with Gasteiger partial charge in [-0.1, -0.05) is 39.0 Å². The molecular weight excluding hydrogens is 298 g/mol. The van der Waals surface area contributed by atoms with E-state index >= 15 is 0 Å². The Morgan fingerprint density at radius 3 is 2.38 bits per heavy atom. The van der Waals surface area contributed by atoms with Crippen molar-refractivity contribution >= 4 is 5.91 Å². The van der Waals surface area contributed by atoms with Crippen LogP contribution in [0.1, 0.15) is 47.8 Å². The number of carbonyl (C=O) groups excluding carboxylic acids is 1. The largest absolute Gasteiger partial charge is 0.497 e.